The third-order valence-corrected chi connectivity index (χ3v) is 4.73. The van der Waals surface area contributed by atoms with Gasteiger partial charge in [0.25, 0.3) is 0 Å². The van der Waals surface area contributed by atoms with E-state index in [1.165, 1.54) is 0 Å². The van der Waals surface area contributed by atoms with Crippen LogP contribution in [0.3, 0.4) is 0 Å². The quantitative estimate of drug-likeness (QED) is 0.811. The molecule has 2 aliphatic heterocycles. The number of fused-ring (bicyclic) bond motifs is 1. The number of nitrogens with two attached hydrogens (primary N) is 1. The van der Waals surface area contributed by atoms with Crippen LogP contribution in [-0.4, -0.2) is 47.5 Å². The summed E-state index contributed by atoms with van der Waals surface area (Å²) in [7, 11) is 0. The van der Waals surface area contributed by atoms with Gasteiger partial charge in [-0.1, -0.05) is 6.07 Å². The smallest absolute Gasteiger partial charge is 0.338 e. The van der Waals surface area contributed by atoms with Crippen molar-refractivity contribution in [3.8, 4) is 0 Å². The molecule has 3 rings (SSSR count). The summed E-state index contributed by atoms with van der Waals surface area (Å²) in [6, 6.07) is 3.14. The van der Waals surface area contributed by atoms with Crippen LogP contribution in [0.1, 0.15) is 33.5 Å². The van der Waals surface area contributed by atoms with Crippen LogP contribution in [0.15, 0.2) is 12.1 Å². The van der Waals surface area contributed by atoms with E-state index in [1.807, 2.05) is 13.0 Å². The highest BCUT2D eigenvalue weighted by Crippen LogP contribution is 2.27. The van der Waals surface area contributed by atoms with Crippen molar-refractivity contribution in [1.29, 1.82) is 0 Å². The lowest BCUT2D eigenvalue weighted by molar-refractivity contribution is -0.0311. The predicted molar refractivity (Wildman–Crippen MR) is 79.1 cm³/mol. The van der Waals surface area contributed by atoms with Crippen LogP contribution in [-0.2, 0) is 17.8 Å². The minimum atomic E-state index is -1.10. The van der Waals surface area contributed by atoms with E-state index in [2.05, 4.69) is 0 Å². The molecule has 1 aromatic rings. The molecule has 6 heteroatoms. The molecule has 2 unspecified atom stereocenters. The molecule has 0 aromatic heterocycles. The average Bonchev–Trinajstić information content (AvgIpc) is 2.87. The number of aliphatic hydroxyl groups is 1. The second-order valence-electron chi connectivity index (χ2n) is 6.10. The number of cyclic esters (lactones) is 1. The molecule has 1 saturated heterocycles. The third kappa shape index (κ3) is 2.74. The van der Waals surface area contributed by atoms with Crippen LogP contribution in [0, 0.1) is 6.92 Å². The first kappa shape index (κ1) is 15.4. The Bertz CT molecular complexity index is 593. The first-order valence-electron chi connectivity index (χ1n) is 7.57. The molecule has 1 aromatic carbocycles. The minimum absolute atomic E-state index is 0.161. The molecule has 3 N–H and O–H groups in total. The molecule has 3 atom stereocenters. The van der Waals surface area contributed by atoms with E-state index in [0.29, 0.717) is 24.9 Å². The summed E-state index contributed by atoms with van der Waals surface area (Å²) in [5.74, 6) is -0.296. The van der Waals surface area contributed by atoms with Gasteiger partial charge in [-0.25, -0.2) is 9.18 Å². The summed E-state index contributed by atoms with van der Waals surface area (Å²) >= 11 is 0. The summed E-state index contributed by atoms with van der Waals surface area (Å²) < 4.78 is 18.7. The zero-order valence-electron chi connectivity index (χ0n) is 12.6. The number of hydrogen-bond donors (Lipinski definition) is 2. The first-order valence-corrected chi connectivity index (χ1v) is 7.57. The van der Waals surface area contributed by atoms with Crippen molar-refractivity contribution in [1.82, 2.24) is 4.90 Å². The highest BCUT2D eigenvalue weighted by Gasteiger charge is 2.30. The van der Waals surface area contributed by atoms with Gasteiger partial charge in [-0.15, -0.1) is 0 Å². The predicted octanol–water partition coefficient (Wildman–Crippen LogP) is 0.897. The Hall–Kier alpha value is -1.50. The normalized spacial score (nSPS) is 26.6. The van der Waals surface area contributed by atoms with Gasteiger partial charge in [-0.3, -0.25) is 4.90 Å². The molecular formula is C16H21FN2O3. The van der Waals surface area contributed by atoms with Crippen LogP contribution in [0.5, 0.6) is 0 Å². The Morgan fingerprint density at radius 3 is 3.05 bits per heavy atom. The number of carbonyl (C=O) groups is 1. The lowest BCUT2D eigenvalue weighted by Gasteiger charge is -2.36. The number of carbonyl (C=O) groups excluding carboxylic acids is 1. The summed E-state index contributed by atoms with van der Waals surface area (Å²) in [4.78, 5) is 13.3. The lowest BCUT2D eigenvalue weighted by Crippen LogP contribution is -2.52. The number of alkyl halides is 1. The molecule has 2 heterocycles. The van der Waals surface area contributed by atoms with Crippen LogP contribution >= 0.6 is 0 Å². The number of halogens is 1. The first-order chi connectivity index (χ1) is 10.5. The van der Waals surface area contributed by atoms with Crippen molar-refractivity contribution in [3.05, 3.63) is 34.4 Å². The van der Waals surface area contributed by atoms with Gasteiger partial charge >= 0.3 is 5.97 Å². The molecule has 0 radical (unpaired) electrons. The van der Waals surface area contributed by atoms with Crippen molar-refractivity contribution < 1.29 is 19.0 Å². The maximum Gasteiger partial charge on any atom is 0.338 e. The van der Waals surface area contributed by atoms with Crippen molar-refractivity contribution in [2.75, 3.05) is 13.1 Å². The number of nitrogens with zero attached hydrogens (tertiary/aromatic N) is 1. The van der Waals surface area contributed by atoms with Crippen LogP contribution in [0.2, 0.25) is 0 Å². The molecule has 22 heavy (non-hydrogen) atoms. The molecule has 2 aliphatic rings. The Balaban J connectivity index is 1.72. The molecule has 120 valence electrons. The molecular weight excluding hydrogens is 287 g/mol. The summed E-state index contributed by atoms with van der Waals surface area (Å²) in [5.41, 5.74) is 9.07. The van der Waals surface area contributed by atoms with Crippen molar-refractivity contribution in [3.63, 3.8) is 0 Å². The minimum Gasteiger partial charge on any atom is -0.457 e. The second-order valence-corrected chi connectivity index (χ2v) is 6.10. The third-order valence-electron chi connectivity index (χ3n) is 4.73. The Labute approximate surface area is 128 Å². The fraction of sp³-hybridized carbons (Fsp3) is 0.562. The van der Waals surface area contributed by atoms with E-state index in [4.69, 9.17) is 10.5 Å². The van der Waals surface area contributed by atoms with Gasteiger partial charge in [0.05, 0.1) is 5.56 Å². The van der Waals surface area contributed by atoms with Gasteiger partial charge in [0.2, 0.25) is 0 Å². The standard InChI is InChI=1S/C16H21FN2O3/c1-9-10(2-3-11-12(9)8-22-16(11)21)6-15(20)19-5-4-14(18)13(17)7-19/h2-3,13-15,20H,4-8,18H2,1H3/t13?,14?,15-/m1/s1. The number of hydrogen-bond acceptors (Lipinski definition) is 5. The number of likely N-dealkylation sites (tertiary alicyclic amines) is 1. The molecule has 0 saturated carbocycles. The van der Waals surface area contributed by atoms with E-state index >= 15 is 0 Å². The van der Waals surface area contributed by atoms with E-state index < -0.39 is 18.4 Å². The lowest BCUT2D eigenvalue weighted by atomic mass is 9.95. The SMILES string of the molecule is Cc1c(C[C@@H](O)N2CCC(N)C(F)C2)ccc2c1COC2=O. The molecule has 0 aliphatic carbocycles. The van der Waals surface area contributed by atoms with E-state index in [9.17, 15) is 14.3 Å². The number of rotatable bonds is 3. The fourth-order valence-electron chi connectivity index (χ4n) is 3.16. The molecule has 0 spiro atoms. The van der Waals surface area contributed by atoms with E-state index in [0.717, 1.165) is 16.7 Å². The number of ether oxygens (including phenoxy) is 1. The topological polar surface area (TPSA) is 75.8 Å². The van der Waals surface area contributed by atoms with Crippen molar-refractivity contribution in [2.24, 2.45) is 5.73 Å². The Kier molecular flexibility index (Phi) is 4.16. The number of piperidine rings is 1. The zero-order valence-corrected chi connectivity index (χ0v) is 12.6. The highest BCUT2D eigenvalue weighted by molar-refractivity contribution is 5.93. The van der Waals surface area contributed by atoms with Crippen molar-refractivity contribution in [2.45, 2.75) is 44.8 Å². The highest BCUT2D eigenvalue weighted by atomic mass is 19.1. The second kappa shape index (κ2) is 5.95. The monoisotopic (exact) mass is 308 g/mol. The van der Waals surface area contributed by atoms with Gasteiger partial charge in [0.15, 0.2) is 0 Å². The number of aliphatic hydroxyl groups excluding tert-OH is 1. The zero-order chi connectivity index (χ0) is 15.9. The maximum absolute atomic E-state index is 13.7. The summed E-state index contributed by atoms with van der Waals surface area (Å²) in [6.07, 6.45) is -0.907. The molecule has 5 nitrogen and oxygen atoms in total. The van der Waals surface area contributed by atoms with E-state index in [-0.39, 0.29) is 19.1 Å². The van der Waals surface area contributed by atoms with E-state index in [1.54, 1.807) is 11.0 Å². The molecule has 0 amide bonds. The van der Waals surface area contributed by atoms with Gasteiger partial charge in [-0.2, -0.15) is 0 Å². The van der Waals surface area contributed by atoms with Gasteiger partial charge < -0.3 is 15.6 Å². The van der Waals surface area contributed by atoms with Gasteiger partial charge in [0, 0.05) is 31.1 Å². The number of benzene rings is 1. The maximum atomic E-state index is 13.7. The van der Waals surface area contributed by atoms with Crippen LogP contribution < -0.4 is 5.73 Å². The van der Waals surface area contributed by atoms with Gasteiger partial charge in [-0.05, 0) is 30.5 Å². The average molecular weight is 308 g/mol. The fourth-order valence-corrected chi connectivity index (χ4v) is 3.16. The summed E-state index contributed by atoms with van der Waals surface area (Å²) in [6.45, 7) is 2.96. The summed E-state index contributed by atoms with van der Waals surface area (Å²) in [5, 5.41) is 10.4. The van der Waals surface area contributed by atoms with Gasteiger partial charge in [0.1, 0.15) is 19.0 Å². The largest absolute Gasteiger partial charge is 0.457 e. The number of esters is 1. The molecule has 1 fully saturated rings. The van der Waals surface area contributed by atoms with Crippen molar-refractivity contribution >= 4 is 5.97 Å². The Morgan fingerprint density at radius 2 is 2.32 bits per heavy atom. The van der Waals surface area contributed by atoms with Crippen LogP contribution in [0.25, 0.3) is 0 Å². The van der Waals surface area contributed by atoms with Crippen LogP contribution in [0.4, 0.5) is 4.39 Å². The Morgan fingerprint density at radius 1 is 1.55 bits per heavy atom. The molecule has 0 bridgehead atoms.